The second-order valence-electron chi connectivity index (χ2n) is 5.83. The average Bonchev–Trinajstić information content (AvgIpc) is 2.40. The standard InChI is InChI=1S/C15H28N2O3/c1-12-8-5-6-9-13(12)17-15(20)16-11-7-3-2-4-10-14(18)19/h12-13H,2-11H2,1H3,(H,18,19)(H2,16,17,20). The first-order valence-corrected chi connectivity index (χ1v) is 7.85. The largest absolute Gasteiger partial charge is 0.481 e. The Morgan fingerprint density at radius 3 is 2.50 bits per heavy atom. The van der Waals surface area contributed by atoms with Crippen LogP contribution >= 0.6 is 0 Å². The second kappa shape index (κ2) is 9.61. The Kier molecular flexibility index (Phi) is 8.07. The van der Waals surface area contributed by atoms with Gasteiger partial charge < -0.3 is 15.7 Å². The highest BCUT2D eigenvalue weighted by Gasteiger charge is 2.22. The van der Waals surface area contributed by atoms with Crippen molar-refractivity contribution in [2.24, 2.45) is 5.92 Å². The molecular weight excluding hydrogens is 256 g/mol. The van der Waals surface area contributed by atoms with Crippen molar-refractivity contribution < 1.29 is 14.7 Å². The molecular formula is C15H28N2O3. The second-order valence-corrected chi connectivity index (χ2v) is 5.83. The molecule has 116 valence electrons. The van der Waals surface area contributed by atoms with E-state index in [0.29, 0.717) is 18.5 Å². The number of nitrogens with one attached hydrogen (secondary N) is 2. The Labute approximate surface area is 121 Å². The Morgan fingerprint density at radius 2 is 1.80 bits per heavy atom. The summed E-state index contributed by atoms with van der Waals surface area (Å²) in [6, 6.07) is 0.258. The fraction of sp³-hybridized carbons (Fsp3) is 0.867. The Hall–Kier alpha value is -1.26. The van der Waals surface area contributed by atoms with E-state index in [4.69, 9.17) is 5.11 Å². The number of carboxylic acids is 1. The van der Waals surface area contributed by atoms with Gasteiger partial charge in [0.25, 0.3) is 0 Å². The number of carbonyl (C=O) groups excluding carboxylic acids is 1. The molecule has 0 aromatic heterocycles. The van der Waals surface area contributed by atoms with Crippen LogP contribution in [0.25, 0.3) is 0 Å². The topological polar surface area (TPSA) is 78.4 Å². The van der Waals surface area contributed by atoms with E-state index in [1.807, 2.05) is 0 Å². The molecule has 1 saturated carbocycles. The van der Waals surface area contributed by atoms with Gasteiger partial charge in [-0.1, -0.05) is 32.6 Å². The van der Waals surface area contributed by atoms with Crippen molar-refractivity contribution in [3.63, 3.8) is 0 Å². The quantitative estimate of drug-likeness (QED) is 0.600. The molecule has 0 spiro atoms. The normalized spacial score (nSPS) is 22.2. The van der Waals surface area contributed by atoms with Crippen molar-refractivity contribution >= 4 is 12.0 Å². The van der Waals surface area contributed by atoms with Gasteiger partial charge in [0.2, 0.25) is 0 Å². The number of rotatable bonds is 8. The third kappa shape index (κ3) is 7.36. The van der Waals surface area contributed by atoms with Crippen LogP contribution in [0.15, 0.2) is 0 Å². The minimum atomic E-state index is -0.732. The fourth-order valence-electron chi connectivity index (χ4n) is 2.71. The van der Waals surface area contributed by atoms with E-state index in [0.717, 1.165) is 32.1 Å². The van der Waals surface area contributed by atoms with Gasteiger partial charge in [0.1, 0.15) is 0 Å². The van der Waals surface area contributed by atoms with Crippen LogP contribution in [0.4, 0.5) is 4.79 Å². The first kappa shape index (κ1) is 16.8. The smallest absolute Gasteiger partial charge is 0.315 e. The van der Waals surface area contributed by atoms with Gasteiger partial charge in [-0.15, -0.1) is 0 Å². The lowest BCUT2D eigenvalue weighted by Gasteiger charge is -2.29. The van der Waals surface area contributed by atoms with Gasteiger partial charge in [0.05, 0.1) is 0 Å². The van der Waals surface area contributed by atoms with Gasteiger partial charge in [-0.05, 0) is 31.6 Å². The molecule has 1 aliphatic rings. The van der Waals surface area contributed by atoms with Crippen molar-refractivity contribution in [3.8, 4) is 0 Å². The van der Waals surface area contributed by atoms with Gasteiger partial charge in [0, 0.05) is 19.0 Å². The Bertz CT molecular complexity index is 307. The molecule has 0 saturated heterocycles. The Balaban J connectivity index is 1.98. The van der Waals surface area contributed by atoms with Gasteiger partial charge in [0.15, 0.2) is 0 Å². The van der Waals surface area contributed by atoms with E-state index in [2.05, 4.69) is 17.6 Å². The van der Waals surface area contributed by atoms with Crippen LogP contribution < -0.4 is 10.6 Å². The van der Waals surface area contributed by atoms with E-state index in [1.165, 1.54) is 19.3 Å². The summed E-state index contributed by atoms with van der Waals surface area (Å²) in [4.78, 5) is 22.1. The van der Waals surface area contributed by atoms with E-state index in [1.54, 1.807) is 0 Å². The summed E-state index contributed by atoms with van der Waals surface area (Å²) in [6.45, 7) is 2.87. The summed E-state index contributed by atoms with van der Waals surface area (Å²) in [5.74, 6) is -0.158. The number of hydrogen-bond acceptors (Lipinski definition) is 2. The van der Waals surface area contributed by atoms with Crippen molar-refractivity contribution in [2.45, 2.75) is 70.8 Å². The zero-order valence-corrected chi connectivity index (χ0v) is 12.5. The molecule has 2 amide bonds. The summed E-state index contributed by atoms with van der Waals surface area (Å²) >= 11 is 0. The molecule has 0 aromatic carbocycles. The highest BCUT2D eigenvalue weighted by Crippen LogP contribution is 2.23. The molecule has 5 heteroatoms. The van der Waals surface area contributed by atoms with Gasteiger partial charge in [-0.25, -0.2) is 4.79 Å². The van der Waals surface area contributed by atoms with E-state index >= 15 is 0 Å². The summed E-state index contributed by atoms with van der Waals surface area (Å²) in [6.07, 6.45) is 8.53. The minimum Gasteiger partial charge on any atom is -0.481 e. The molecule has 20 heavy (non-hydrogen) atoms. The first-order chi connectivity index (χ1) is 9.59. The van der Waals surface area contributed by atoms with Crippen molar-refractivity contribution in [3.05, 3.63) is 0 Å². The number of urea groups is 1. The molecule has 3 N–H and O–H groups in total. The van der Waals surface area contributed by atoms with Crippen LogP contribution in [0.3, 0.4) is 0 Å². The molecule has 0 aromatic rings. The summed E-state index contributed by atoms with van der Waals surface area (Å²) in [7, 11) is 0. The lowest BCUT2D eigenvalue weighted by Crippen LogP contribution is -2.46. The van der Waals surface area contributed by atoms with Gasteiger partial charge in [-0.3, -0.25) is 4.79 Å². The zero-order chi connectivity index (χ0) is 14.8. The van der Waals surface area contributed by atoms with E-state index in [-0.39, 0.29) is 12.5 Å². The number of unbranched alkanes of at least 4 members (excludes halogenated alkanes) is 3. The number of amides is 2. The maximum Gasteiger partial charge on any atom is 0.315 e. The van der Waals surface area contributed by atoms with Gasteiger partial charge >= 0.3 is 12.0 Å². The third-order valence-electron chi connectivity index (χ3n) is 4.03. The van der Waals surface area contributed by atoms with E-state index in [9.17, 15) is 9.59 Å². The SMILES string of the molecule is CC1CCCCC1NC(=O)NCCCCCCC(=O)O. The molecule has 2 atom stereocenters. The predicted octanol–water partition coefficient (Wildman–Crippen LogP) is 2.90. The summed E-state index contributed by atoms with van der Waals surface area (Å²) < 4.78 is 0. The minimum absolute atomic E-state index is 0.0608. The molecule has 0 radical (unpaired) electrons. The molecule has 0 heterocycles. The molecule has 5 nitrogen and oxygen atoms in total. The van der Waals surface area contributed by atoms with Crippen LogP contribution in [-0.2, 0) is 4.79 Å². The lowest BCUT2D eigenvalue weighted by atomic mass is 9.86. The molecule has 0 bridgehead atoms. The maximum absolute atomic E-state index is 11.7. The third-order valence-corrected chi connectivity index (χ3v) is 4.03. The molecule has 1 aliphatic carbocycles. The molecule has 2 unspecified atom stereocenters. The fourth-order valence-corrected chi connectivity index (χ4v) is 2.71. The van der Waals surface area contributed by atoms with E-state index < -0.39 is 5.97 Å². The van der Waals surface area contributed by atoms with Crippen LogP contribution in [-0.4, -0.2) is 29.7 Å². The Morgan fingerprint density at radius 1 is 1.10 bits per heavy atom. The molecule has 0 aliphatic heterocycles. The molecule has 1 fully saturated rings. The number of carboxylic acid groups (broad SMARTS) is 1. The number of hydrogen-bond donors (Lipinski definition) is 3. The number of carbonyl (C=O) groups is 2. The summed E-state index contributed by atoms with van der Waals surface area (Å²) in [5, 5.41) is 14.4. The summed E-state index contributed by atoms with van der Waals surface area (Å²) in [5.41, 5.74) is 0. The van der Waals surface area contributed by atoms with Crippen LogP contribution in [0.1, 0.15) is 64.7 Å². The van der Waals surface area contributed by atoms with Crippen LogP contribution in [0.2, 0.25) is 0 Å². The molecule has 1 rings (SSSR count). The van der Waals surface area contributed by atoms with Crippen LogP contribution in [0.5, 0.6) is 0 Å². The lowest BCUT2D eigenvalue weighted by molar-refractivity contribution is -0.137. The van der Waals surface area contributed by atoms with Gasteiger partial charge in [-0.2, -0.15) is 0 Å². The monoisotopic (exact) mass is 284 g/mol. The van der Waals surface area contributed by atoms with Crippen molar-refractivity contribution in [2.75, 3.05) is 6.54 Å². The first-order valence-electron chi connectivity index (χ1n) is 7.85. The van der Waals surface area contributed by atoms with Crippen molar-refractivity contribution in [1.82, 2.24) is 10.6 Å². The van der Waals surface area contributed by atoms with Crippen LogP contribution in [0, 0.1) is 5.92 Å². The zero-order valence-electron chi connectivity index (χ0n) is 12.5. The highest BCUT2D eigenvalue weighted by molar-refractivity contribution is 5.74. The van der Waals surface area contributed by atoms with Crippen molar-refractivity contribution in [1.29, 1.82) is 0 Å². The number of aliphatic carboxylic acids is 1. The highest BCUT2D eigenvalue weighted by atomic mass is 16.4. The predicted molar refractivity (Wildman–Crippen MR) is 78.7 cm³/mol. The maximum atomic E-state index is 11.7. The average molecular weight is 284 g/mol.